The van der Waals surface area contributed by atoms with Gasteiger partial charge in [-0.15, -0.1) is 0 Å². The fourth-order valence-corrected chi connectivity index (χ4v) is 1.44. The molecule has 0 fully saturated rings. The molecule has 76 valence electrons. The first-order chi connectivity index (χ1) is 7.29. The summed E-state index contributed by atoms with van der Waals surface area (Å²) in [6, 6.07) is 5.22. The molecule has 0 saturated heterocycles. The highest BCUT2D eigenvalue weighted by Gasteiger charge is 2.13. The van der Waals surface area contributed by atoms with Crippen molar-refractivity contribution in [2.75, 3.05) is 11.9 Å². The molecule has 0 saturated carbocycles. The fraction of sp³-hybridized carbons (Fsp3) is 0.200. The molecule has 1 amide bonds. The van der Waals surface area contributed by atoms with Crippen LogP contribution >= 0.6 is 12.2 Å². The van der Waals surface area contributed by atoms with Gasteiger partial charge in [0.05, 0.1) is 29.6 Å². The molecule has 1 N–H and O–H groups in total. The number of nitrogens with zero attached hydrogens (tertiary/aromatic N) is 1. The molecular weight excluding hydrogens is 212 g/mol. The summed E-state index contributed by atoms with van der Waals surface area (Å²) in [5.74, 6) is 0.599. The maximum atomic E-state index is 11.3. The summed E-state index contributed by atoms with van der Waals surface area (Å²) in [5, 5.41) is 5.01. The molecule has 4 nitrogen and oxygen atoms in total. The van der Waals surface area contributed by atoms with Gasteiger partial charge in [0.25, 0.3) is 0 Å². The smallest absolute Gasteiger partial charge is 0.227 e. The van der Waals surface area contributed by atoms with Crippen LogP contribution in [-0.4, -0.2) is 17.7 Å². The van der Waals surface area contributed by atoms with Gasteiger partial charge in [0, 0.05) is 0 Å². The van der Waals surface area contributed by atoms with Gasteiger partial charge in [0.1, 0.15) is 5.75 Å². The van der Waals surface area contributed by atoms with Crippen molar-refractivity contribution in [2.24, 2.45) is 4.99 Å². The van der Waals surface area contributed by atoms with Crippen LogP contribution in [0.3, 0.4) is 0 Å². The van der Waals surface area contributed by atoms with Crippen LogP contribution in [0.1, 0.15) is 6.42 Å². The van der Waals surface area contributed by atoms with Crippen molar-refractivity contribution in [3.8, 4) is 5.75 Å². The van der Waals surface area contributed by atoms with Crippen LogP contribution < -0.4 is 10.1 Å². The summed E-state index contributed by atoms with van der Waals surface area (Å²) in [6.07, 6.45) is 0.362. The van der Waals surface area contributed by atoms with Gasteiger partial charge >= 0.3 is 0 Å². The molecule has 1 aliphatic heterocycles. The highest BCUT2D eigenvalue weighted by Crippen LogP contribution is 2.30. The zero-order valence-corrected chi connectivity index (χ0v) is 8.63. The third kappa shape index (κ3) is 2.21. The Morgan fingerprint density at radius 2 is 2.40 bits per heavy atom. The van der Waals surface area contributed by atoms with Crippen LogP contribution in [0.4, 0.5) is 11.4 Å². The van der Waals surface area contributed by atoms with Crippen LogP contribution in [-0.2, 0) is 4.79 Å². The molecule has 0 radical (unpaired) electrons. The van der Waals surface area contributed by atoms with E-state index in [4.69, 9.17) is 4.74 Å². The van der Waals surface area contributed by atoms with Crippen molar-refractivity contribution in [2.45, 2.75) is 6.42 Å². The number of ether oxygens (including phenoxy) is 1. The Balaban J connectivity index is 2.41. The van der Waals surface area contributed by atoms with Gasteiger partial charge in [0.2, 0.25) is 5.91 Å². The van der Waals surface area contributed by atoms with Gasteiger partial charge < -0.3 is 10.1 Å². The monoisotopic (exact) mass is 220 g/mol. The molecule has 1 aromatic carbocycles. The Morgan fingerprint density at radius 3 is 3.20 bits per heavy atom. The van der Waals surface area contributed by atoms with E-state index in [1.807, 2.05) is 0 Å². The number of carbonyl (C=O) groups is 1. The molecule has 1 heterocycles. The molecule has 0 unspecified atom stereocenters. The average molecular weight is 220 g/mol. The summed E-state index contributed by atoms with van der Waals surface area (Å²) >= 11 is 4.50. The number of benzene rings is 1. The van der Waals surface area contributed by atoms with Crippen molar-refractivity contribution in [3.05, 3.63) is 18.2 Å². The standard InChI is InChI=1S/C10H8N2O2S/c13-10-3-4-14-9-2-1-7(11-6-15)5-8(9)12-10/h1-2,5H,3-4H2,(H,12,13). The lowest BCUT2D eigenvalue weighted by molar-refractivity contribution is -0.116. The van der Waals surface area contributed by atoms with Gasteiger partial charge in [-0.1, -0.05) is 0 Å². The lowest BCUT2D eigenvalue weighted by Crippen LogP contribution is -2.10. The van der Waals surface area contributed by atoms with Gasteiger partial charge in [-0.05, 0) is 30.4 Å². The second-order valence-electron chi connectivity index (χ2n) is 3.03. The molecule has 5 heteroatoms. The van der Waals surface area contributed by atoms with Gasteiger partial charge in [-0.2, -0.15) is 4.99 Å². The van der Waals surface area contributed by atoms with Crippen LogP contribution in [0, 0.1) is 0 Å². The minimum Gasteiger partial charge on any atom is -0.491 e. The summed E-state index contributed by atoms with van der Waals surface area (Å²) in [6.45, 7) is 0.397. The molecular formula is C10H8N2O2S. The van der Waals surface area contributed by atoms with E-state index in [2.05, 4.69) is 27.7 Å². The number of fused-ring (bicyclic) bond motifs is 1. The highest BCUT2D eigenvalue weighted by molar-refractivity contribution is 7.78. The predicted octanol–water partition coefficient (Wildman–Crippen LogP) is 2.14. The summed E-state index contributed by atoms with van der Waals surface area (Å²) < 4.78 is 5.38. The normalized spacial score (nSPS) is 14.0. The van der Waals surface area contributed by atoms with Crippen molar-refractivity contribution >= 4 is 34.7 Å². The van der Waals surface area contributed by atoms with Crippen molar-refractivity contribution in [3.63, 3.8) is 0 Å². The van der Waals surface area contributed by atoms with E-state index in [0.29, 0.717) is 30.2 Å². The maximum Gasteiger partial charge on any atom is 0.227 e. The van der Waals surface area contributed by atoms with Gasteiger partial charge in [-0.3, -0.25) is 4.79 Å². The van der Waals surface area contributed by atoms with Crippen molar-refractivity contribution < 1.29 is 9.53 Å². The molecule has 0 aromatic heterocycles. The predicted molar refractivity (Wildman–Crippen MR) is 59.9 cm³/mol. The molecule has 0 spiro atoms. The minimum absolute atomic E-state index is 0.0581. The quantitative estimate of drug-likeness (QED) is 0.582. The molecule has 0 atom stereocenters. The molecule has 15 heavy (non-hydrogen) atoms. The number of thiocarbonyl (C=S) groups is 1. The lowest BCUT2D eigenvalue weighted by Gasteiger charge is -2.06. The Bertz CT molecular complexity index is 453. The number of isothiocyanates is 1. The highest BCUT2D eigenvalue weighted by atomic mass is 32.1. The second-order valence-corrected chi connectivity index (χ2v) is 3.21. The SMILES string of the molecule is O=C1CCOc2ccc(N=C=S)cc2N1. The number of carbonyl (C=O) groups excluding carboxylic acids is 1. The molecule has 0 aliphatic carbocycles. The van der Waals surface area contributed by atoms with E-state index in [0.717, 1.165) is 0 Å². The Kier molecular flexibility index (Phi) is 2.76. The summed E-state index contributed by atoms with van der Waals surface area (Å²) in [7, 11) is 0. The van der Waals surface area contributed by atoms with Crippen LogP contribution in [0.15, 0.2) is 23.2 Å². The van der Waals surface area contributed by atoms with Crippen LogP contribution in [0.5, 0.6) is 5.75 Å². The first-order valence-corrected chi connectivity index (χ1v) is 4.85. The number of amides is 1. The Labute approximate surface area is 92.0 Å². The van der Waals surface area contributed by atoms with E-state index >= 15 is 0 Å². The molecule has 1 aliphatic rings. The third-order valence-corrected chi connectivity index (χ3v) is 2.09. The number of hydrogen-bond donors (Lipinski definition) is 1. The first kappa shape index (κ1) is 9.83. The van der Waals surface area contributed by atoms with Crippen molar-refractivity contribution in [1.82, 2.24) is 0 Å². The molecule has 2 rings (SSSR count). The lowest BCUT2D eigenvalue weighted by atomic mass is 10.2. The topological polar surface area (TPSA) is 50.7 Å². The van der Waals surface area contributed by atoms with Crippen LogP contribution in [0.25, 0.3) is 0 Å². The van der Waals surface area contributed by atoms with E-state index in [1.54, 1.807) is 18.2 Å². The number of hydrogen-bond acceptors (Lipinski definition) is 4. The van der Waals surface area contributed by atoms with Gasteiger partial charge in [0.15, 0.2) is 0 Å². The largest absolute Gasteiger partial charge is 0.491 e. The molecule has 1 aromatic rings. The number of aliphatic imine (C=N–C) groups is 1. The average Bonchev–Trinajstić information content (AvgIpc) is 2.38. The zero-order chi connectivity index (χ0) is 10.7. The van der Waals surface area contributed by atoms with Crippen molar-refractivity contribution in [1.29, 1.82) is 0 Å². The summed E-state index contributed by atoms with van der Waals surface area (Å²) in [4.78, 5) is 15.1. The van der Waals surface area contributed by atoms with E-state index in [1.165, 1.54) is 0 Å². The zero-order valence-electron chi connectivity index (χ0n) is 7.82. The van der Waals surface area contributed by atoms with E-state index in [9.17, 15) is 4.79 Å². The number of anilines is 1. The van der Waals surface area contributed by atoms with Crippen LogP contribution in [0.2, 0.25) is 0 Å². The second kappa shape index (κ2) is 4.21. The number of nitrogens with one attached hydrogen (secondary N) is 1. The van der Waals surface area contributed by atoms with E-state index < -0.39 is 0 Å². The summed E-state index contributed by atoms with van der Waals surface area (Å²) in [5.41, 5.74) is 1.28. The van der Waals surface area contributed by atoms with Gasteiger partial charge in [-0.25, -0.2) is 0 Å². The Morgan fingerprint density at radius 1 is 1.53 bits per heavy atom. The first-order valence-electron chi connectivity index (χ1n) is 4.44. The minimum atomic E-state index is -0.0581. The third-order valence-electron chi connectivity index (χ3n) is 2.00. The van der Waals surface area contributed by atoms with E-state index in [-0.39, 0.29) is 5.91 Å². The maximum absolute atomic E-state index is 11.3. The number of rotatable bonds is 1. The fourth-order valence-electron chi connectivity index (χ4n) is 1.33. The Hall–Kier alpha value is -1.71. The molecule has 0 bridgehead atoms.